The summed E-state index contributed by atoms with van der Waals surface area (Å²) in [6.07, 6.45) is 1.24. The molecule has 0 amide bonds. The lowest BCUT2D eigenvalue weighted by Gasteiger charge is -2.41. The smallest absolute Gasteiger partial charge is 0.139 e. The molecule has 0 aromatic rings. The molecule has 3 atom stereocenters. The molecule has 1 aliphatic heterocycles. The van der Waals surface area contributed by atoms with E-state index in [-0.39, 0.29) is 0 Å². The predicted molar refractivity (Wildman–Crippen MR) is 68.8 cm³/mol. The van der Waals surface area contributed by atoms with Crippen molar-refractivity contribution in [2.75, 3.05) is 6.61 Å². The zero-order chi connectivity index (χ0) is 11.9. The number of rotatable bonds is 2. The van der Waals surface area contributed by atoms with Gasteiger partial charge in [-0.25, -0.2) is 0 Å². The molecule has 0 aliphatic carbocycles. The third kappa shape index (κ3) is 2.58. The Morgan fingerprint density at radius 2 is 1.73 bits per heavy atom. The Morgan fingerprint density at radius 1 is 1.20 bits per heavy atom. The Balaban J connectivity index is 2.91. The van der Waals surface area contributed by atoms with Gasteiger partial charge in [-0.15, -0.1) is 0 Å². The van der Waals surface area contributed by atoms with Gasteiger partial charge in [-0.3, -0.25) is 0 Å². The molecule has 0 N–H and O–H groups in total. The molecule has 1 aliphatic rings. The van der Waals surface area contributed by atoms with Gasteiger partial charge in [-0.2, -0.15) is 0 Å². The average molecular weight is 210 g/mol. The minimum absolute atomic E-state index is 0.354. The third-order valence-corrected chi connectivity index (χ3v) is 4.39. The molecule has 1 nitrogen and oxygen atoms in total. The van der Waals surface area contributed by atoms with E-state index in [0.717, 1.165) is 6.61 Å². The minimum Gasteiger partial charge on any atom is -0.387 e. The molecule has 15 heavy (non-hydrogen) atoms. The minimum atomic E-state index is 0.354. The zero-order valence-electron chi connectivity index (χ0n) is 11.6. The van der Waals surface area contributed by atoms with Crippen LogP contribution in [0.15, 0.2) is 0 Å². The van der Waals surface area contributed by atoms with E-state index in [0.29, 0.717) is 28.7 Å². The molecule has 1 heterocycles. The number of ether oxygens (including phenoxy) is 1. The highest BCUT2D eigenvalue weighted by atomic mass is 16.5. The maximum absolute atomic E-state index is 5.89. The quantitative estimate of drug-likeness (QED) is 0.637. The van der Waals surface area contributed by atoms with Crippen LogP contribution in [0.2, 0.25) is 0 Å². The SMILES string of the molecule is BC1OCC(C(C)(C)CC)C1C(C)(C)C. The Labute approximate surface area is 96.4 Å². The molecule has 3 unspecified atom stereocenters. The van der Waals surface area contributed by atoms with Crippen molar-refractivity contribution in [3.63, 3.8) is 0 Å². The molecule has 2 heteroatoms. The first-order chi connectivity index (χ1) is 6.70. The van der Waals surface area contributed by atoms with Crippen LogP contribution >= 0.6 is 0 Å². The van der Waals surface area contributed by atoms with Gasteiger partial charge < -0.3 is 4.74 Å². The lowest BCUT2D eigenvalue weighted by Crippen LogP contribution is -2.39. The molecule has 0 saturated carbocycles. The van der Waals surface area contributed by atoms with E-state index in [2.05, 4.69) is 49.4 Å². The summed E-state index contributed by atoms with van der Waals surface area (Å²) in [6, 6.07) is 0.417. The van der Waals surface area contributed by atoms with Gasteiger partial charge in [-0.05, 0) is 22.7 Å². The van der Waals surface area contributed by atoms with Crippen molar-refractivity contribution in [1.29, 1.82) is 0 Å². The summed E-state index contributed by atoms with van der Waals surface area (Å²) in [5.41, 5.74) is 0.760. The largest absolute Gasteiger partial charge is 0.387 e. The lowest BCUT2D eigenvalue weighted by molar-refractivity contribution is 0.0916. The molecule has 0 spiro atoms. The van der Waals surface area contributed by atoms with E-state index >= 15 is 0 Å². The van der Waals surface area contributed by atoms with Gasteiger partial charge in [0.25, 0.3) is 0 Å². The average Bonchev–Trinajstić information content (AvgIpc) is 2.46. The standard InChI is InChI=1S/C13H27BO/c1-7-13(5,6)9-8-15-11(14)10(9)12(2,3)4/h9-11H,7-8,14H2,1-6H3. The summed E-state index contributed by atoms with van der Waals surface area (Å²) < 4.78 is 5.89. The predicted octanol–water partition coefficient (Wildman–Crippen LogP) is 2.69. The van der Waals surface area contributed by atoms with Crippen molar-refractivity contribution >= 4 is 7.85 Å². The van der Waals surface area contributed by atoms with E-state index < -0.39 is 0 Å². The maximum atomic E-state index is 5.89. The highest BCUT2D eigenvalue weighted by Crippen LogP contribution is 2.48. The van der Waals surface area contributed by atoms with Crippen LogP contribution in [0.1, 0.15) is 48.0 Å². The first-order valence-corrected chi connectivity index (χ1v) is 6.31. The van der Waals surface area contributed by atoms with Crippen LogP contribution in [0.4, 0.5) is 0 Å². The Kier molecular flexibility index (Phi) is 3.60. The molecule has 0 radical (unpaired) electrons. The summed E-state index contributed by atoms with van der Waals surface area (Å²) in [4.78, 5) is 0. The van der Waals surface area contributed by atoms with E-state index in [1.165, 1.54) is 6.42 Å². The molecule has 0 aromatic heterocycles. The lowest BCUT2D eigenvalue weighted by atomic mass is 9.60. The van der Waals surface area contributed by atoms with Crippen molar-refractivity contribution in [2.24, 2.45) is 22.7 Å². The number of hydrogen-bond acceptors (Lipinski definition) is 1. The molecule has 1 fully saturated rings. The van der Waals surface area contributed by atoms with Crippen molar-refractivity contribution in [3.8, 4) is 0 Å². The van der Waals surface area contributed by atoms with E-state index in [1.54, 1.807) is 0 Å². The van der Waals surface area contributed by atoms with Crippen LogP contribution in [-0.4, -0.2) is 20.5 Å². The molecule has 1 saturated heterocycles. The van der Waals surface area contributed by atoms with E-state index in [4.69, 9.17) is 4.74 Å². The maximum Gasteiger partial charge on any atom is 0.139 e. The Bertz CT molecular complexity index is 217. The van der Waals surface area contributed by atoms with Gasteiger partial charge in [0.1, 0.15) is 7.85 Å². The van der Waals surface area contributed by atoms with Crippen LogP contribution in [0.5, 0.6) is 0 Å². The van der Waals surface area contributed by atoms with Gasteiger partial charge in [-0.1, -0.05) is 48.0 Å². The first kappa shape index (κ1) is 13.1. The molecular formula is C13H27BO. The van der Waals surface area contributed by atoms with Gasteiger partial charge in [0, 0.05) is 12.6 Å². The fraction of sp³-hybridized carbons (Fsp3) is 1.00. The second-order valence-corrected chi connectivity index (χ2v) is 6.88. The van der Waals surface area contributed by atoms with Crippen molar-refractivity contribution < 1.29 is 4.74 Å². The van der Waals surface area contributed by atoms with Crippen molar-refractivity contribution in [2.45, 2.75) is 54.0 Å². The highest BCUT2D eigenvalue weighted by molar-refractivity contribution is 6.11. The molecule has 0 bridgehead atoms. The summed E-state index contributed by atoms with van der Waals surface area (Å²) in [5, 5.41) is 0. The van der Waals surface area contributed by atoms with Crippen LogP contribution in [0.3, 0.4) is 0 Å². The number of hydrogen-bond donors (Lipinski definition) is 0. The van der Waals surface area contributed by atoms with Gasteiger partial charge in [0.2, 0.25) is 0 Å². The Hall–Kier alpha value is 0.0249. The van der Waals surface area contributed by atoms with Crippen LogP contribution in [0.25, 0.3) is 0 Å². The monoisotopic (exact) mass is 210 g/mol. The Morgan fingerprint density at radius 3 is 2.13 bits per heavy atom. The second kappa shape index (κ2) is 4.12. The van der Waals surface area contributed by atoms with Gasteiger partial charge in [0.15, 0.2) is 0 Å². The molecular weight excluding hydrogens is 183 g/mol. The van der Waals surface area contributed by atoms with Gasteiger partial charge in [0.05, 0.1) is 0 Å². The highest BCUT2D eigenvalue weighted by Gasteiger charge is 2.47. The first-order valence-electron chi connectivity index (χ1n) is 6.31. The van der Waals surface area contributed by atoms with Crippen molar-refractivity contribution in [3.05, 3.63) is 0 Å². The van der Waals surface area contributed by atoms with Crippen LogP contribution in [-0.2, 0) is 4.74 Å². The molecule has 88 valence electrons. The fourth-order valence-corrected chi connectivity index (χ4v) is 3.07. The van der Waals surface area contributed by atoms with Gasteiger partial charge >= 0.3 is 0 Å². The van der Waals surface area contributed by atoms with Crippen LogP contribution < -0.4 is 0 Å². The van der Waals surface area contributed by atoms with E-state index in [9.17, 15) is 0 Å². The summed E-state index contributed by atoms with van der Waals surface area (Å²) in [7, 11) is 2.24. The molecule has 0 aromatic carbocycles. The summed E-state index contributed by atoms with van der Waals surface area (Å²) >= 11 is 0. The van der Waals surface area contributed by atoms with E-state index in [1.807, 2.05) is 0 Å². The second-order valence-electron chi connectivity index (χ2n) is 6.88. The van der Waals surface area contributed by atoms with Crippen LogP contribution in [0, 0.1) is 22.7 Å². The summed E-state index contributed by atoms with van der Waals surface area (Å²) in [5.74, 6) is 1.39. The third-order valence-electron chi connectivity index (χ3n) is 4.39. The molecule has 1 rings (SSSR count). The summed E-state index contributed by atoms with van der Waals surface area (Å²) in [6.45, 7) is 15.1. The zero-order valence-corrected chi connectivity index (χ0v) is 11.6. The topological polar surface area (TPSA) is 9.23 Å². The normalized spacial score (nSPS) is 33.3. The van der Waals surface area contributed by atoms with Crippen molar-refractivity contribution in [1.82, 2.24) is 0 Å². The fourth-order valence-electron chi connectivity index (χ4n) is 3.07.